The highest BCUT2D eigenvalue weighted by Crippen LogP contribution is 2.31. The van der Waals surface area contributed by atoms with Crippen molar-refractivity contribution in [3.8, 4) is 11.3 Å². The van der Waals surface area contributed by atoms with Crippen molar-refractivity contribution in [3.05, 3.63) is 82.0 Å². The van der Waals surface area contributed by atoms with Crippen LogP contribution >= 0.6 is 23.2 Å². The number of carboxylic acid groups (broad SMARTS) is 1. The molecule has 0 radical (unpaired) electrons. The van der Waals surface area contributed by atoms with Crippen molar-refractivity contribution in [2.45, 2.75) is 0 Å². The number of pyridine rings is 1. The highest BCUT2D eigenvalue weighted by Gasteiger charge is 2.22. The Labute approximate surface area is 163 Å². The lowest BCUT2D eigenvalue weighted by Crippen LogP contribution is -2.06. The van der Waals surface area contributed by atoms with Crippen molar-refractivity contribution in [3.63, 3.8) is 0 Å². The number of aromatic nitrogens is 3. The first-order valence-corrected chi connectivity index (χ1v) is 8.60. The molecule has 0 aliphatic heterocycles. The number of benzene rings is 1. The molecule has 4 rings (SSSR count). The Morgan fingerprint density at radius 2 is 1.81 bits per heavy atom. The Bertz CT molecular complexity index is 1190. The van der Waals surface area contributed by atoms with Crippen LogP contribution in [0.15, 0.2) is 54.9 Å². The van der Waals surface area contributed by atoms with E-state index < -0.39 is 5.97 Å². The van der Waals surface area contributed by atoms with Gasteiger partial charge in [-0.05, 0) is 30.3 Å². The Kier molecular flexibility index (Phi) is 4.22. The van der Waals surface area contributed by atoms with E-state index in [9.17, 15) is 9.59 Å². The number of carboxylic acids is 1. The highest BCUT2D eigenvalue weighted by molar-refractivity contribution is 6.41. The van der Waals surface area contributed by atoms with Crippen LogP contribution in [0.1, 0.15) is 26.7 Å². The summed E-state index contributed by atoms with van der Waals surface area (Å²) in [5.74, 6) is -1.68. The van der Waals surface area contributed by atoms with Crippen molar-refractivity contribution < 1.29 is 14.7 Å². The van der Waals surface area contributed by atoms with Crippen molar-refractivity contribution in [2.24, 2.45) is 0 Å². The van der Waals surface area contributed by atoms with Gasteiger partial charge in [-0.3, -0.25) is 4.79 Å². The minimum atomic E-state index is -1.16. The molecule has 27 heavy (non-hydrogen) atoms. The van der Waals surface area contributed by atoms with Crippen molar-refractivity contribution in [1.82, 2.24) is 14.4 Å². The average molecular weight is 400 g/mol. The zero-order valence-electron chi connectivity index (χ0n) is 13.6. The highest BCUT2D eigenvalue weighted by atomic mass is 35.5. The first kappa shape index (κ1) is 17.3. The fourth-order valence-electron chi connectivity index (χ4n) is 2.95. The van der Waals surface area contributed by atoms with Gasteiger partial charge in [0, 0.05) is 11.8 Å². The molecule has 3 aromatic heterocycles. The predicted molar refractivity (Wildman–Crippen MR) is 102 cm³/mol. The van der Waals surface area contributed by atoms with E-state index in [4.69, 9.17) is 28.3 Å². The maximum Gasteiger partial charge on any atom is 0.371 e. The van der Waals surface area contributed by atoms with E-state index in [1.165, 1.54) is 6.20 Å². The topological polar surface area (TPSA) is 87.5 Å². The number of imidazole rings is 1. The van der Waals surface area contributed by atoms with E-state index in [2.05, 4.69) is 9.97 Å². The van der Waals surface area contributed by atoms with E-state index in [0.29, 0.717) is 22.5 Å². The van der Waals surface area contributed by atoms with E-state index in [1.54, 1.807) is 40.9 Å². The Morgan fingerprint density at radius 3 is 2.48 bits per heavy atom. The molecular formula is C19H11Cl2N3O3. The molecule has 0 aliphatic carbocycles. The summed E-state index contributed by atoms with van der Waals surface area (Å²) in [7, 11) is 0. The van der Waals surface area contributed by atoms with Crippen LogP contribution in [-0.4, -0.2) is 31.2 Å². The summed E-state index contributed by atoms with van der Waals surface area (Å²) in [5, 5.41) is 9.60. The molecule has 0 atom stereocenters. The van der Waals surface area contributed by atoms with E-state index >= 15 is 0 Å². The quantitative estimate of drug-likeness (QED) is 0.492. The molecule has 0 saturated carbocycles. The number of carbonyl (C=O) groups excluding carboxylic acids is 1. The van der Waals surface area contributed by atoms with Crippen LogP contribution in [0.2, 0.25) is 10.0 Å². The van der Waals surface area contributed by atoms with Crippen molar-refractivity contribution in [1.29, 1.82) is 0 Å². The van der Waals surface area contributed by atoms with E-state index in [-0.39, 0.29) is 27.2 Å². The predicted octanol–water partition coefficient (Wildman–Crippen LogP) is 4.57. The second-order valence-corrected chi connectivity index (χ2v) is 6.59. The van der Waals surface area contributed by atoms with Gasteiger partial charge >= 0.3 is 5.97 Å². The number of hydrogen-bond acceptors (Lipinski definition) is 3. The number of carbonyl (C=O) groups is 2. The van der Waals surface area contributed by atoms with Gasteiger partial charge in [-0.25, -0.2) is 9.78 Å². The van der Waals surface area contributed by atoms with Crippen LogP contribution in [0.5, 0.6) is 0 Å². The van der Waals surface area contributed by atoms with Gasteiger partial charge in [-0.2, -0.15) is 0 Å². The third-order valence-corrected chi connectivity index (χ3v) is 4.80. The van der Waals surface area contributed by atoms with Crippen LogP contribution in [-0.2, 0) is 0 Å². The zero-order chi connectivity index (χ0) is 19.1. The largest absolute Gasteiger partial charge is 0.475 e. The number of H-pyrrole nitrogens is 1. The van der Waals surface area contributed by atoms with Gasteiger partial charge in [-0.15, -0.1) is 0 Å². The molecule has 2 N–H and O–H groups in total. The summed E-state index contributed by atoms with van der Waals surface area (Å²) in [4.78, 5) is 30.8. The monoisotopic (exact) mass is 399 g/mol. The van der Waals surface area contributed by atoms with E-state index in [1.807, 2.05) is 12.1 Å². The normalized spacial score (nSPS) is 11.0. The molecule has 6 nitrogen and oxygen atoms in total. The van der Waals surface area contributed by atoms with Gasteiger partial charge < -0.3 is 14.5 Å². The lowest BCUT2D eigenvalue weighted by Gasteiger charge is -2.06. The van der Waals surface area contributed by atoms with Crippen LogP contribution < -0.4 is 0 Å². The number of nitrogens with one attached hydrogen (secondary N) is 1. The summed E-state index contributed by atoms with van der Waals surface area (Å²) in [6.45, 7) is 0. The lowest BCUT2D eigenvalue weighted by atomic mass is 10.1. The molecule has 0 saturated heterocycles. The molecule has 0 unspecified atom stereocenters. The Hall–Kier alpha value is -3.09. The molecular weight excluding hydrogens is 389 g/mol. The van der Waals surface area contributed by atoms with Crippen molar-refractivity contribution in [2.75, 3.05) is 0 Å². The maximum absolute atomic E-state index is 13.2. The third-order valence-electron chi connectivity index (χ3n) is 4.17. The molecule has 0 fully saturated rings. The molecule has 134 valence electrons. The van der Waals surface area contributed by atoms with Gasteiger partial charge in [-0.1, -0.05) is 35.3 Å². The van der Waals surface area contributed by atoms with Crippen LogP contribution in [0.3, 0.4) is 0 Å². The molecule has 3 heterocycles. The fourth-order valence-corrected chi connectivity index (χ4v) is 3.52. The minimum absolute atomic E-state index is 0.178. The molecule has 4 aromatic rings. The number of nitrogens with zero attached hydrogens (tertiary/aromatic N) is 2. The standard InChI is InChI=1S/C19H11Cl2N3O3/c20-11-4-3-5-12(21)16(11)17(25)15-8-10(14-6-1-2-7-24(14)15)13-9-22-18(23-13)19(26)27/h1-9H,(H,22,23)(H,26,27). The summed E-state index contributed by atoms with van der Waals surface area (Å²) in [6, 6.07) is 12.0. The van der Waals surface area contributed by atoms with Gasteiger partial charge in [0.05, 0.1) is 38.7 Å². The first-order chi connectivity index (χ1) is 13.0. The number of ketones is 1. The number of hydrogen-bond donors (Lipinski definition) is 2. The smallest absolute Gasteiger partial charge is 0.371 e. The molecule has 0 bridgehead atoms. The Morgan fingerprint density at radius 1 is 1.07 bits per heavy atom. The van der Waals surface area contributed by atoms with Gasteiger partial charge in [0.2, 0.25) is 11.6 Å². The minimum Gasteiger partial charge on any atom is -0.475 e. The molecule has 0 aliphatic rings. The third kappa shape index (κ3) is 2.89. The molecule has 8 heteroatoms. The SMILES string of the molecule is O=C(O)c1ncc(-c2cc(C(=O)c3c(Cl)cccc3Cl)n3ccccc23)[nH]1. The Balaban J connectivity index is 1.92. The number of aromatic carboxylic acids is 1. The summed E-state index contributed by atoms with van der Waals surface area (Å²) in [5.41, 5.74) is 2.40. The average Bonchev–Trinajstić information content (AvgIpc) is 3.26. The van der Waals surface area contributed by atoms with Gasteiger partial charge in [0.1, 0.15) is 0 Å². The maximum atomic E-state index is 13.2. The van der Waals surface area contributed by atoms with Gasteiger partial charge in [0.25, 0.3) is 0 Å². The van der Waals surface area contributed by atoms with Gasteiger partial charge in [0.15, 0.2) is 0 Å². The number of aromatic amines is 1. The van der Waals surface area contributed by atoms with Crippen molar-refractivity contribution >= 4 is 40.5 Å². The van der Waals surface area contributed by atoms with Crippen LogP contribution in [0.4, 0.5) is 0 Å². The fraction of sp³-hybridized carbons (Fsp3) is 0. The molecule has 0 amide bonds. The zero-order valence-corrected chi connectivity index (χ0v) is 15.1. The van der Waals surface area contributed by atoms with Crippen LogP contribution in [0, 0.1) is 0 Å². The first-order valence-electron chi connectivity index (χ1n) is 7.85. The van der Waals surface area contributed by atoms with Crippen LogP contribution in [0.25, 0.3) is 16.8 Å². The molecule has 0 spiro atoms. The lowest BCUT2D eigenvalue weighted by molar-refractivity contribution is 0.0684. The van der Waals surface area contributed by atoms with E-state index in [0.717, 1.165) is 0 Å². The number of fused-ring (bicyclic) bond motifs is 1. The second kappa shape index (κ2) is 6.57. The number of halogens is 2. The summed E-state index contributed by atoms with van der Waals surface area (Å²) >= 11 is 12.4. The second-order valence-electron chi connectivity index (χ2n) is 5.78. The molecule has 1 aromatic carbocycles. The summed E-state index contributed by atoms with van der Waals surface area (Å²) < 4.78 is 1.71. The number of rotatable bonds is 4. The summed E-state index contributed by atoms with van der Waals surface area (Å²) in [6.07, 6.45) is 3.16.